The van der Waals surface area contributed by atoms with Crippen LogP contribution in [0.25, 0.3) is 0 Å². The van der Waals surface area contributed by atoms with Crippen molar-refractivity contribution >= 4 is 11.8 Å². The highest BCUT2D eigenvalue weighted by Crippen LogP contribution is 1.87. The first-order chi connectivity index (χ1) is 7.70. The van der Waals surface area contributed by atoms with Gasteiger partial charge < -0.3 is 15.5 Å². The van der Waals surface area contributed by atoms with E-state index in [1.165, 1.54) is 0 Å². The Morgan fingerprint density at radius 3 is 2.44 bits per heavy atom. The molecule has 0 unspecified atom stereocenters. The van der Waals surface area contributed by atoms with Crippen LogP contribution in [0.4, 0.5) is 0 Å². The summed E-state index contributed by atoms with van der Waals surface area (Å²) in [5.74, 6) is 4.76. The van der Waals surface area contributed by atoms with Crippen LogP contribution < -0.4 is 16.5 Å². The maximum Gasteiger partial charge on any atom is 0.221 e. The van der Waals surface area contributed by atoms with Crippen molar-refractivity contribution in [3.05, 3.63) is 0 Å². The first kappa shape index (κ1) is 14.9. The van der Waals surface area contributed by atoms with Crippen molar-refractivity contribution in [3.8, 4) is 0 Å². The monoisotopic (exact) mass is 231 g/mol. The van der Waals surface area contributed by atoms with E-state index in [9.17, 15) is 9.59 Å². The van der Waals surface area contributed by atoms with Crippen LogP contribution in [0.5, 0.6) is 0 Å². The molecule has 0 rings (SSSR count). The fourth-order valence-corrected chi connectivity index (χ4v) is 1.07. The zero-order chi connectivity index (χ0) is 12.2. The van der Waals surface area contributed by atoms with Crippen LogP contribution in [0.3, 0.4) is 0 Å². The van der Waals surface area contributed by atoms with Crippen LogP contribution in [0.15, 0.2) is 0 Å². The predicted octanol–water partition coefficient (Wildman–Crippen LogP) is -0.311. The number of carbonyl (C=O) groups is 2. The van der Waals surface area contributed by atoms with Crippen molar-refractivity contribution in [2.45, 2.75) is 32.6 Å². The summed E-state index contributed by atoms with van der Waals surface area (Å²) in [6.45, 7) is 3.28. The molecule has 0 aliphatic rings. The highest BCUT2D eigenvalue weighted by Gasteiger charge is 2.01. The molecule has 0 atom stereocenters. The molecule has 0 bridgehead atoms. The summed E-state index contributed by atoms with van der Waals surface area (Å²) in [5, 5.41) is 5.38. The SMILES string of the molecule is CCC(=O)NCCC(=O)NCCCCON. The first-order valence-corrected chi connectivity index (χ1v) is 5.55. The quantitative estimate of drug-likeness (QED) is 0.375. The van der Waals surface area contributed by atoms with Gasteiger partial charge in [-0.25, -0.2) is 5.90 Å². The van der Waals surface area contributed by atoms with Gasteiger partial charge in [0.15, 0.2) is 0 Å². The van der Waals surface area contributed by atoms with Gasteiger partial charge in [-0.15, -0.1) is 0 Å². The fourth-order valence-electron chi connectivity index (χ4n) is 1.07. The lowest BCUT2D eigenvalue weighted by atomic mass is 10.3. The van der Waals surface area contributed by atoms with E-state index in [2.05, 4.69) is 15.5 Å². The molecule has 94 valence electrons. The topological polar surface area (TPSA) is 93.5 Å². The van der Waals surface area contributed by atoms with E-state index in [-0.39, 0.29) is 11.8 Å². The van der Waals surface area contributed by atoms with Gasteiger partial charge in [0.25, 0.3) is 0 Å². The maximum absolute atomic E-state index is 11.2. The Balaban J connectivity index is 3.28. The molecule has 0 aliphatic carbocycles. The number of hydrogen-bond acceptors (Lipinski definition) is 4. The minimum atomic E-state index is -0.0509. The number of rotatable bonds is 9. The Bertz CT molecular complexity index is 209. The summed E-state index contributed by atoms with van der Waals surface area (Å²) in [5.41, 5.74) is 0. The van der Waals surface area contributed by atoms with Gasteiger partial charge in [-0.3, -0.25) is 9.59 Å². The van der Waals surface area contributed by atoms with Crippen LogP contribution >= 0.6 is 0 Å². The number of carbonyl (C=O) groups excluding carboxylic acids is 2. The molecule has 4 N–H and O–H groups in total. The number of hydrogen-bond donors (Lipinski definition) is 3. The number of nitrogens with two attached hydrogens (primary N) is 1. The third-order valence-corrected chi connectivity index (χ3v) is 2.01. The van der Waals surface area contributed by atoms with Gasteiger partial charge in [-0.2, -0.15) is 0 Å². The third-order valence-electron chi connectivity index (χ3n) is 2.01. The second kappa shape index (κ2) is 10.4. The molecule has 16 heavy (non-hydrogen) atoms. The van der Waals surface area contributed by atoms with Gasteiger partial charge in [-0.05, 0) is 12.8 Å². The minimum Gasteiger partial charge on any atom is -0.356 e. The Morgan fingerprint density at radius 2 is 1.81 bits per heavy atom. The normalized spacial score (nSPS) is 9.88. The van der Waals surface area contributed by atoms with Gasteiger partial charge in [0.05, 0.1) is 6.61 Å². The molecule has 0 aromatic heterocycles. The smallest absolute Gasteiger partial charge is 0.221 e. The second-order valence-corrected chi connectivity index (χ2v) is 3.38. The highest BCUT2D eigenvalue weighted by atomic mass is 16.6. The van der Waals surface area contributed by atoms with Crippen molar-refractivity contribution in [3.63, 3.8) is 0 Å². The standard InChI is InChI=1S/C10H21N3O3/c1-2-9(14)13-7-5-10(15)12-6-3-4-8-16-11/h2-8,11H2,1H3,(H,12,15)(H,13,14). The van der Waals surface area contributed by atoms with Gasteiger partial charge in [0, 0.05) is 25.9 Å². The van der Waals surface area contributed by atoms with Gasteiger partial charge in [0.1, 0.15) is 0 Å². The van der Waals surface area contributed by atoms with Crippen LogP contribution in [0.1, 0.15) is 32.6 Å². The van der Waals surface area contributed by atoms with Crippen LogP contribution in [-0.2, 0) is 14.4 Å². The molecule has 2 amide bonds. The first-order valence-electron chi connectivity index (χ1n) is 5.55. The van der Waals surface area contributed by atoms with Crippen LogP contribution in [0.2, 0.25) is 0 Å². The Hall–Kier alpha value is -1.14. The summed E-state index contributed by atoms with van der Waals surface area (Å²) < 4.78 is 0. The molecular weight excluding hydrogens is 210 g/mol. The van der Waals surface area contributed by atoms with E-state index in [0.717, 1.165) is 12.8 Å². The number of unbranched alkanes of at least 4 members (excludes halogenated alkanes) is 1. The van der Waals surface area contributed by atoms with Gasteiger partial charge in [-0.1, -0.05) is 6.92 Å². The maximum atomic E-state index is 11.2. The molecule has 0 radical (unpaired) electrons. The lowest BCUT2D eigenvalue weighted by molar-refractivity contribution is -0.122. The van der Waals surface area contributed by atoms with E-state index in [4.69, 9.17) is 5.90 Å². The van der Waals surface area contributed by atoms with Crippen molar-refractivity contribution in [1.82, 2.24) is 10.6 Å². The summed E-state index contributed by atoms with van der Waals surface area (Å²) in [4.78, 5) is 26.5. The summed E-state index contributed by atoms with van der Waals surface area (Å²) in [7, 11) is 0. The molecule has 0 saturated carbocycles. The lowest BCUT2D eigenvalue weighted by Gasteiger charge is -2.05. The molecule has 0 aromatic carbocycles. The van der Waals surface area contributed by atoms with E-state index < -0.39 is 0 Å². The summed E-state index contributed by atoms with van der Waals surface area (Å²) >= 11 is 0. The largest absolute Gasteiger partial charge is 0.356 e. The lowest BCUT2D eigenvalue weighted by Crippen LogP contribution is -2.30. The molecule has 0 aromatic rings. The average molecular weight is 231 g/mol. The van der Waals surface area contributed by atoms with E-state index in [1.807, 2.05) is 0 Å². The van der Waals surface area contributed by atoms with E-state index in [0.29, 0.717) is 32.5 Å². The molecule has 0 fully saturated rings. The molecule has 0 aliphatic heterocycles. The molecule has 0 spiro atoms. The van der Waals surface area contributed by atoms with E-state index >= 15 is 0 Å². The zero-order valence-electron chi connectivity index (χ0n) is 9.75. The van der Waals surface area contributed by atoms with Crippen LogP contribution in [0, 0.1) is 0 Å². The zero-order valence-corrected chi connectivity index (χ0v) is 9.75. The molecule has 0 saturated heterocycles. The average Bonchev–Trinajstić information content (AvgIpc) is 2.28. The highest BCUT2D eigenvalue weighted by molar-refractivity contribution is 5.78. The number of nitrogens with one attached hydrogen (secondary N) is 2. The molecular formula is C10H21N3O3. The minimum absolute atomic E-state index is 0.0344. The Morgan fingerprint density at radius 1 is 1.12 bits per heavy atom. The molecule has 6 heteroatoms. The van der Waals surface area contributed by atoms with Gasteiger partial charge in [0.2, 0.25) is 11.8 Å². The summed E-state index contributed by atoms with van der Waals surface area (Å²) in [6, 6.07) is 0. The molecule has 6 nitrogen and oxygen atoms in total. The van der Waals surface area contributed by atoms with Crippen molar-refractivity contribution in [2.24, 2.45) is 5.90 Å². The Labute approximate surface area is 95.9 Å². The third kappa shape index (κ3) is 9.42. The van der Waals surface area contributed by atoms with E-state index in [1.54, 1.807) is 6.92 Å². The molecule has 0 heterocycles. The number of amides is 2. The van der Waals surface area contributed by atoms with Crippen molar-refractivity contribution in [1.29, 1.82) is 0 Å². The van der Waals surface area contributed by atoms with Gasteiger partial charge >= 0.3 is 0 Å². The summed E-state index contributed by atoms with van der Waals surface area (Å²) in [6.07, 6.45) is 2.42. The Kier molecular flexibility index (Phi) is 9.64. The second-order valence-electron chi connectivity index (χ2n) is 3.38. The fraction of sp³-hybridized carbons (Fsp3) is 0.800. The van der Waals surface area contributed by atoms with Crippen molar-refractivity contribution in [2.75, 3.05) is 19.7 Å². The predicted molar refractivity (Wildman–Crippen MR) is 60.3 cm³/mol. The van der Waals surface area contributed by atoms with Crippen LogP contribution in [-0.4, -0.2) is 31.5 Å². The van der Waals surface area contributed by atoms with Crippen molar-refractivity contribution < 1.29 is 14.4 Å².